The first-order chi connectivity index (χ1) is 10.5. The van der Waals surface area contributed by atoms with E-state index in [0.29, 0.717) is 5.92 Å². The lowest BCUT2D eigenvalue weighted by atomic mass is 9.99. The van der Waals surface area contributed by atoms with Crippen LogP contribution in [0.25, 0.3) is 0 Å². The molecule has 124 valence electrons. The Morgan fingerprint density at radius 2 is 0.864 bits per heavy atom. The maximum Gasteiger partial charge on any atom is -0.0216 e. The Labute approximate surface area is 139 Å². The Morgan fingerprint density at radius 3 is 1.09 bits per heavy atom. The third-order valence-corrected chi connectivity index (χ3v) is 3.24. The summed E-state index contributed by atoms with van der Waals surface area (Å²) in [5.41, 5.74) is 5.60. The molecule has 0 fully saturated rings. The van der Waals surface area contributed by atoms with Gasteiger partial charge in [0.25, 0.3) is 0 Å². The summed E-state index contributed by atoms with van der Waals surface area (Å²) in [6, 6.07) is 16.9. The van der Waals surface area contributed by atoms with Crippen LogP contribution in [0.3, 0.4) is 0 Å². The van der Waals surface area contributed by atoms with Crippen molar-refractivity contribution in [3.8, 4) is 0 Å². The third kappa shape index (κ3) is 9.39. The smallest absolute Gasteiger partial charge is 0.0216 e. The normalized spacial score (nSPS) is 8.64. The Kier molecular flexibility index (Phi) is 14.8. The van der Waals surface area contributed by atoms with Gasteiger partial charge in [0, 0.05) is 0 Å². The molecule has 2 aromatic rings. The Balaban J connectivity index is 0. The Morgan fingerprint density at radius 1 is 0.545 bits per heavy atom. The highest BCUT2D eigenvalue weighted by Gasteiger charge is 1.99. The van der Waals surface area contributed by atoms with Crippen LogP contribution in [-0.4, -0.2) is 0 Å². The summed E-state index contributed by atoms with van der Waals surface area (Å²) in [5.74, 6) is 0.654. The fraction of sp³-hybridized carbons (Fsp3) is 0.455. The fourth-order valence-corrected chi connectivity index (χ4v) is 1.90. The van der Waals surface area contributed by atoms with Gasteiger partial charge in [-0.05, 0) is 48.9 Å². The van der Waals surface area contributed by atoms with E-state index in [1.807, 2.05) is 27.7 Å². The minimum absolute atomic E-state index is 0.654. The molecule has 22 heavy (non-hydrogen) atoms. The van der Waals surface area contributed by atoms with E-state index in [-0.39, 0.29) is 0 Å². The van der Waals surface area contributed by atoms with E-state index in [4.69, 9.17) is 0 Å². The van der Waals surface area contributed by atoms with E-state index < -0.39 is 0 Å². The van der Waals surface area contributed by atoms with E-state index in [1.54, 1.807) is 0 Å². The molecule has 0 N–H and O–H groups in total. The van der Waals surface area contributed by atoms with Gasteiger partial charge in [0.2, 0.25) is 0 Å². The van der Waals surface area contributed by atoms with Crippen LogP contribution in [0.5, 0.6) is 0 Å². The lowest BCUT2D eigenvalue weighted by Crippen LogP contribution is -1.89. The molecule has 0 radical (unpaired) electrons. The molecule has 0 aliphatic carbocycles. The van der Waals surface area contributed by atoms with Crippen molar-refractivity contribution >= 4 is 0 Å². The summed E-state index contributed by atoms with van der Waals surface area (Å²) in [6.07, 6.45) is 0. The van der Waals surface area contributed by atoms with Gasteiger partial charge in [-0.2, -0.15) is 0 Å². The van der Waals surface area contributed by atoms with Crippen molar-refractivity contribution in [2.75, 3.05) is 0 Å². The van der Waals surface area contributed by atoms with Crippen molar-refractivity contribution in [3.05, 3.63) is 70.8 Å². The molecular formula is C22H36. The van der Waals surface area contributed by atoms with E-state index in [9.17, 15) is 0 Å². The average Bonchev–Trinajstić information content (AvgIpc) is 2.55. The molecule has 0 saturated carbocycles. The predicted molar refractivity (Wildman–Crippen MR) is 104 cm³/mol. The van der Waals surface area contributed by atoms with Gasteiger partial charge in [0.15, 0.2) is 0 Å². The number of benzene rings is 2. The van der Waals surface area contributed by atoms with E-state index in [2.05, 4.69) is 83.1 Å². The highest BCUT2D eigenvalue weighted by molar-refractivity contribution is 5.27. The molecule has 0 heterocycles. The Bertz CT molecular complexity index is 460. The van der Waals surface area contributed by atoms with Gasteiger partial charge in [0.05, 0.1) is 0 Å². The minimum Gasteiger partial charge on any atom is -0.0683 e. The zero-order valence-corrected chi connectivity index (χ0v) is 16.2. The lowest BCUT2D eigenvalue weighted by molar-refractivity contribution is 0.856. The molecule has 0 aliphatic heterocycles. The zero-order chi connectivity index (χ0) is 17.5. The molecule has 0 amide bonds. The largest absolute Gasteiger partial charge is 0.0683 e. The molecule has 2 aromatic carbocycles. The molecular weight excluding hydrogens is 264 g/mol. The van der Waals surface area contributed by atoms with Gasteiger partial charge in [0.1, 0.15) is 0 Å². The second-order valence-corrected chi connectivity index (χ2v) is 5.10. The number of rotatable bonds is 1. The van der Waals surface area contributed by atoms with E-state index in [1.165, 1.54) is 22.3 Å². The fourth-order valence-electron chi connectivity index (χ4n) is 1.90. The van der Waals surface area contributed by atoms with Crippen LogP contribution in [0.1, 0.15) is 69.7 Å². The number of aryl methyl sites for hydroxylation is 3. The molecule has 0 saturated heterocycles. The van der Waals surface area contributed by atoms with Gasteiger partial charge in [-0.15, -0.1) is 0 Å². The van der Waals surface area contributed by atoms with Gasteiger partial charge >= 0.3 is 0 Å². The first-order valence-electron chi connectivity index (χ1n) is 8.60. The van der Waals surface area contributed by atoms with Gasteiger partial charge in [-0.3, -0.25) is 0 Å². The van der Waals surface area contributed by atoms with Crippen molar-refractivity contribution in [1.82, 2.24) is 0 Å². The van der Waals surface area contributed by atoms with Crippen LogP contribution < -0.4 is 0 Å². The lowest BCUT2D eigenvalue weighted by Gasteiger charge is -2.07. The number of hydrogen-bond acceptors (Lipinski definition) is 0. The second-order valence-electron chi connectivity index (χ2n) is 5.10. The maximum atomic E-state index is 2.22. The van der Waals surface area contributed by atoms with Gasteiger partial charge in [-0.1, -0.05) is 90.1 Å². The average molecular weight is 301 g/mol. The standard InChI is InChI=1S/C10H14.C8H10.2C2H6/c1-8(2)10-7-5-4-6-9(10)3;1-7-5-3-4-6-8(7)2;2*1-2/h4-8H,1-3H3;3-6H,1-2H3;2*1-2H3. The molecule has 0 aliphatic rings. The molecule has 0 bridgehead atoms. The predicted octanol–water partition coefficient (Wildman–Crippen LogP) is 7.47. The van der Waals surface area contributed by atoms with Crippen LogP contribution in [0.15, 0.2) is 48.5 Å². The molecule has 0 nitrogen and oxygen atoms in total. The summed E-state index contributed by atoms with van der Waals surface area (Å²) >= 11 is 0. The third-order valence-electron chi connectivity index (χ3n) is 3.24. The highest BCUT2D eigenvalue weighted by Crippen LogP contribution is 2.17. The zero-order valence-electron chi connectivity index (χ0n) is 16.2. The second kappa shape index (κ2) is 14.4. The SMILES string of the molecule is CC.CC.Cc1ccccc1C.Cc1ccccc1C(C)C. The molecule has 0 spiro atoms. The van der Waals surface area contributed by atoms with Crippen molar-refractivity contribution in [2.45, 2.75) is 68.2 Å². The van der Waals surface area contributed by atoms with Crippen LogP contribution in [0.2, 0.25) is 0 Å². The van der Waals surface area contributed by atoms with Gasteiger partial charge in [-0.25, -0.2) is 0 Å². The van der Waals surface area contributed by atoms with Crippen LogP contribution in [0.4, 0.5) is 0 Å². The molecule has 0 unspecified atom stereocenters. The summed E-state index contributed by atoms with van der Waals surface area (Å²) < 4.78 is 0. The van der Waals surface area contributed by atoms with Crippen molar-refractivity contribution in [2.24, 2.45) is 0 Å². The number of hydrogen-bond donors (Lipinski definition) is 0. The van der Waals surface area contributed by atoms with E-state index >= 15 is 0 Å². The topological polar surface area (TPSA) is 0 Å². The van der Waals surface area contributed by atoms with Crippen molar-refractivity contribution < 1.29 is 0 Å². The summed E-state index contributed by atoms with van der Waals surface area (Å²) in [6.45, 7) is 18.9. The molecule has 0 aromatic heterocycles. The minimum atomic E-state index is 0.654. The first kappa shape index (κ1) is 22.7. The van der Waals surface area contributed by atoms with E-state index in [0.717, 1.165) is 0 Å². The monoisotopic (exact) mass is 300 g/mol. The van der Waals surface area contributed by atoms with Crippen LogP contribution in [-0.2, 0) is 0 Å². The maximum absolute atomic E-state index is 2.22. The summed E-state index contributed by atoms with van der Waals surface area (Å²) in [4.78, 5) is 0. The molecule has 0 atom stereocenters. The highest BCUT2D eigenvalue weighted by atomic mass is 14.0. The van der Waals surface area contributed by atoms with Gasteiger partial charge < -0.3 is 0 Å². The summed E-state index contributed by atoms with van der Waals surface area (Å²) in [5, 5.41) is 0. The molecule has 0 heteroatoms. The summed E-state index contributed by atoms with van der Waals surface area (Å²) in [7, 11) is 0. The van der Waals surface area contributed by atoms with Crippen molar-refractivity contribution in [3.63, 3.8) is 0 Å². The van der Waals surface area contributed by atoms with Crippen LogP contribution >= 0.6 is 0 Å². The Hall–Kier alpha value is -1.56. The van der Waals surface area contributed by atoms with Crippen molar-refractivity contribution in [1.29, 1.82) is 0 Å². The first-order valence-corrected chi connectivity index (χ1v) is 8.60. The quantitative estimate of drug-likeness (QED) is 0.512. The molecule has 2 rings (SSSR count). The van der Waals surface area contributed by atoms with Crippen LogP contribution in [0, 0.1) is 20.8 Å².